The maximum absolute atomic E-state index is 7.10. The van der Waals surface area contributed by atoms with Gasteiger partial charge in [-0.3, -0.25) is 0 Å². The summed E-state index contributed by atoms with van der Waals surface area (Å²) in [6.07, 6.45) is 1.25. The summed E-state index contributed by atoms with van der Waals surface area (Å²) in [6, 6.07) is 7.18. The van der Waals surface area contributed by atoms with Crippen LogP contribution in [-0.2, 0) is 0 Å². The van der Waals surface area contributed by atoms with Crippen molar-refractivity contribution in [1.82, 2.24) is 15.0 Å². The maximum atomic E-state index is 7.10. The first kappa shape index (κ1) is 15.2. The molecule has 0 radical (unpaired) electrons. The van der Waals surface area contributed by atoms with Crippen LogP contribution >= 0.6 is 34.8 Å². The quantitative estimate of drug-likeness (QED) is 0.652. The van der Waals surface area contributed by atoms with E-state index in [1.807, 2.05) is 12.1 Å². The molecular weight excluding hydrogens is 311 g/mol. The van der Waals surface area contributed by atoms with E-state index in [0.29, 0.717) is 10.7 Å². The molecule has 0 saturated carbocycles. The number of nitrogens with two attached hydrogens (primary N) is 1. The lowest BCUT2D eigenvalue weighted by molar-refractivity contribution is 1.05. The van der Waals surface area contributed by atoms with Gasteiger partial charge in [0, 0.05) is 0 Å². The molecule has 98 valence electrons. The van der Waals surface area contributed by atoms with Crippen molar-refractivity contribution in [1.29, 1.82) is 5.26 Å². The number of nitrogens with zero attached hydrogens (tertiary/aromatic N) is 4. The number of halogens is 3. The zero-order chi connectivity index (χ0) is 14.3. The van der Waals surface area contributed by atoms with Crippen molar-refractivity contribution in [3.05, 3.63) is 39.9 Å². The lowest BCUT2D eigenvalue weighted by atomic mass is 10.3. The first-order valence-corrected chi connectivity index (χ1v) is 5.88. The Morgan fingerprint density at radius 1 is 1.05 bits per heavy atom. The molecule has 0 atom stereocenters. The van der Waals surface area contributed by atoms with Crippen molar-refractivity contribution in [3.8, 4) is 6.19 Å². The molecule has 1 aromatic heterocycles. The Morgan fingerprint density at radius 3 is 2.11 bits per heavy atom. The van der Waals surface area contributed by atoms with E-state index < -0.39 is 0 Å². The van der Waals surface area contributed by atoms with E-state index in [1.165, 1.54) is 6.19 Å². The molecule has 6 nitrogen and oxygen atoms in total. The van der Waals surface area contributed by atoms with Crippen LogP contribution in [0.5, 0.6) is 0 Å². The molecule has 1 aromatic carbocycles. The van der Waals surface area contributed by atoms with Crippen LogP contribution in [-0.4, -0.2) is 15.0 Å². The van der Waals surface area contributed by atoms with Crippen molar-refractivity contribution in [3.63, 3.8) is 0 Å². The highest BCUT2D eigenvalue weighted by Crippen LogP contribution is 2.23. The lowest BCUT2D eigenvalue weighted by Gasteiger charge is -2.06. The minimum Gasteiger partial charge on any atom is -0.337 e. The molecule has 1 heterocycles. The van der Waals surface area contributed by atoms with Crippen LogP contribution in [0.25, 0.3) is 0 Å². The number of rotatable bonds is 2. The van der Waals surface area contributed by atoms with Gasteiger partial charge in [-0.2, -0.15) is 20.2 Å². The Balaban J connectivity index is 0.000000550. The standard InChI is InChI=1S/C9H5Cl3N4.CH2N2/c10-5-3-1-2-4-6(5)13-9-15-7(11)14-8(12)16-9;2-1-3/h1-4H,(H,13,14,15,16);2H2. The predicted octanol–water partition coefficient (Wildman–Crippen LogP) is 3.00. The molecule has 2 rings (SSSR count). The SMILES string of the molecule is Clc1nc(Cl)nc(Nc2ccccc2Cl)n1.N#CN. The molecule has 0 unspecified atom stereocenters. The summed E-state index contributed by atoms with van der Waals surface area (Å²) < 4.78 is 0. The Hall–Kier alpha value is -1.81. The summed E-state index contributed by atoms with van der Waals surface area (Å²) in [5.74, 6) is 0.248. The number of nitrogens with one attached hydrogen (secondary N) is 1. The van der Waals surface area contributed by atoms with Gasteiger partial charge in [-0.15, -0.1) is 0 Å². The number of nitriles is 1. The topological polar surface area (TPSA) is 101 Å². The molecule has 0 aliphatic heterocycles. The summed E-state index contributed by atoms with van der Waals surface area (Å²) in [7, 11) is 0. The van der Waals surface area contributed by atoms with Gasteiger partial charge < -0.3 is 11.1 Å². The molecular formula is C10H7Cl3N6. The number of anilines is 2. The smallest absolute Gasteiger partial charge is 0.232 e. The fraction of sp³-hybridized carbons (Fsp3) is 0. The third-order valence-electron chi connectivity index (χ3n) is 1.70. The van der Waals surface area contributed by atoms with Crippen molar-refractivity contribution in [2.75, 3.05) is 5.32 Å². The summed E-state index contributed by atoms with van der Waals surface area (Å²) >= 11 is 17.2. The summed E-state index contributed by atoms with van der Waals surface area (Å²) in [4.78, 5) is 11.4. The minimum absolute atomic E-state index is 0.0227. The van der Waals surface area contributed by atoms with Crippen LogP contribution < -0.4 is 11.1 Å². The number of hydrogen-bond acceptors (Lipinski definition) is 6. The second-order valence-electron chi connectivity index (χ2n) is 2.93. The maximum Gasteiger partial charge on any atom is 0.232 e. The van der Waals surface area contributed by atoms with Gasteiger partial charge in [-0.25, -0.2) is 0 Å². The number of aromatic nitrogens is 3. The summed E-state index contributed by atoms with van der Waals surface area (Å²) in [6.45, 7) is 0. The molecule has 0 spiro atoms. The molecule has 9 heteroatoms. The Morgan fingerprint density at radius 2 is 1.58 bits per heavy atom. The second kappa shape index (κ2) is 7.59. The van der Waals surface area contributed by atoms with E-state index in [9.17, 15) is 0 Å². The second-order valence-corrected chi connectivity index (χ2v) is 4.01. The Bertz CT molecular complexity index is 578. The van der Waals surface area contributed by atoms with E-state index in [-0.39, 0.29) is 16.5 Å². The highest BCUT2D eigenvalue weighted by Gasteiger charge is 2.05. The molecule has 3 N–H and O–H groups in total. The lowest BCUT2D eigenvalue weighted by Crippen LogP contribution is -1.99. The average Bonchev–Trinajstić information content (AvgIpc) is 2.32. The molecule has 0 fully saturated rings. The highest BCUT2D eigenvalue weighted by atomic mass is 35.5. The molecule has 0 amide bonds. The summed E-state index contributed by atoms with van der Waals surface area (Å²) in [5, 5.41) is 10.6. The number of hydrogen-bond donors (Lipinski definition) is 2. The van der Waals surface area contributed by atoms with E-state index in [1.54, 1.807) is 12.1 Å². The van der Waals surface area contributed by atoms with Gasteiger partial charge in [0.05, 0.1) is 10.7 Å². The van der Waals surface area contributed by atoms with Gasteiger partial charge in [0.1, 0.15) is 0 Å². The van der Waals surface area contributed by atoms with Crippen molar-refractivity contribution in [2.24, 2.45) is 5.73 Å². The van der Waals surface area contributed by atoms with Gasteiger partial charge in [0.2, 0.25) is 16.5 Å². The van der Waals surface area contributed by atoms with Crippen molar-refractivity contribution in [2.45, 2.75) is 0 Å². The fourth-order valence-corrected chi connectivity index (χ4v) is 1.61. The summed E-state index contributed by atoms with van der Waals surface area (Å²) in [5.41, 5.74) is 4.82. The molecule has 0 saturated heterocycles. The molecule has 0 aliphatic carbocycles. The van der Waals surface area contributed by atoms with Crippen LogP contribution in [0.2, 0.25) is 15.6 Å². The molecule has 2 aromatic rings. The van der Waals surface area contributed by atoms with Crippen molar-refractivity contribution >= 4 is 46.4 Å². The van der Waals surface area contributed by atoms with Crippen LogP contribution in [0.15, 0.2) is 24.3 Å². The highest BCUT2D eigenvalue weighted by molar-refractivity contribution is 6.33. The van der Waals surface area contributed by atoms with Gasteiger partial charge in [0.25, 0.3) is 0 Å². The molecule has 0 aliphatic rings. The van der Waals surface area contributed by atoms with E-state index in [2.05, 4.69) is 26.0 Å². The van der Waals surface area contributed by atoms with Gasteiger partial charge in [-0.05, 0) is 35.3 Å². The fourth-order valence-electron chi connectivity index (χ4n) is 1.06. The first-order valence-electron chi connectivity index (χ1n) is 4.75. The average molecular weight is 318 g/mol. The number of benzene rings is 1. The number of para-hydroxylation sites is 1. The predicted molar refractivity (Wildman–Crippen MR) is 74.4 cm³/mol. The van der Waals surface area contributed by atoms with Gasteiger partial charge >= 0.3 is 0 Å². The zero-order valence-corrected chi connectivity index (χ0v) is 11.6. The largest absolute Gasteiger partial charge is 0.337 e. The normalized spacial score (nSPS) is 8.95. The van der Waals surface area contributed by atoms with Crippen LogP contribution in [0.1, 0.15) is 0 Å². The van der Waals surface area contributed by atoms with Crippen LogP contribution in [0.4, 0.5) is 11.6 Å². The van der Waals surface area contributed by atoms with E-state index >= 15 is 0 Å². The van der Waals surface area contributed by atoms with Crippen LogP contribution in [0.3, 0.4) is 0 Å². The monoisotopic (exact) mass is 316 g/mol. The molecule has 0 bridgehead atoms. The molecule has 19 heavy (non-hydrogen) atoms. The Labute approximate surface area is 124 Å². The third-order valence-corrected chi connectivity index (χ3v) is 2.37. The van der Waals surface area contributed by atoms with E-state index in [0.717, 1.165) is 0 Å². The third kappa shape index (κ3) is 5.14. The first-order chi connectivity index (χ1) is 9.06. The van der Waals surface area contributed by atoms with Crippen molar-refractivity contribution < 1.29 is 0 Å². The van der Waals surface area contributed by atoms with Gasteiger partial charge in [-0.1, -0.05) is 23.7 Å². The van der Waals surface area contributed by atoms with Gasteiger partial charge in [0.15, 0.2) is 6.19 Å². The van der Waals surface area contributed by atoms with E-state index in [4.69, 9.17) is 40.1 Å². The van der Waals surface area contributed by atoms with Crippen LogP contribution in [0, 0.1) is 11.5 Å². The Kier molecular flexibility index (Phi) is 6.09. The zero-order valence-electron chi connectivity index (χ0n) is 9.31. The minimum atomic E-state index is 0.0227.